The third-order valence-corrected chi connectivity index (χ3v) is 9.54. The van der Waals surface area contributed by atoms with Gasteiger partial charge in [-0.3, -0.25) is 4.79 Å². The van der Waals surface area contributed by atoms with Crippen molar-refractivity contribution in [2.75, 3.05) is 23.8 Å². The molecule has 1 saturated heterocycles. The van der Waals surface area contributed by atoms with Gasteiger partial charge < -0.3 is 29.6 Å². The molecule has 2 aliphatic rings. The molecule has 3 aromatic carbocycles. The fourth-order valence-electron chi connectivity index (χ4n) is 5.63. The number of hydrogen-bond acceptors (Lipinski definition) is 9. The lowest BCUT2D eigenvalue weighted by Gasteiger charge is -2.28. The zero-order valence-electron chi connectivity index (χ0n) is 24.4. The van der Waals surface area contributed by atoms with Crippen molar-refractivity contribution in [3.63, 3.8) is 0 Å². The van der Waals surface area contributed by atoms with Gasteiger partial charge >= 0.3 is 12.9 Å². The maximum absolute atomic E-state index is 13.5. The number of halogens is 4. The zero-order chi connectivity index (χ0) is 33.2. The molecule has 2 heterocycles. The number of hydrogen-bond donors (Lipinski definition) is 1. The number of alkyl halides is 4. The van der Waals surface area contributed by atoms with Crippen molar-refractivity contribution in [1.82, 2.24) is 0 Å². The number of anilines is 1. The largest absolute Gasteiger partial charge is 0.586 e. The standard InChI is InChI=1S/C31H29F4N3O7S/c1-2-46(40,41)23-7-3-18(4-8-23)24(11-12-36)26-14-19(5-9-25(26)29(37)39)38-16-22(13-20(38)17-42-30(32)33)43-21-6-10-27-28(15-21)45-31(34,35)44-27/h3-10,14-15,20,22,24,30H,2,11,13,16-17H2,1H3,(H2,37,39)/t20-,22-,24-/m0/s1. The summed E-state index contributed by atoms with van der Waals surface area (Å²) in [6, 6.07) is 16.1. The van der Waals surface area contributed by atoms with E-state index < -0.39 is 46.7 Å². The van der Waals surface area contributed by atoms with Gasteiger partial charge in [0.25, 0.3) is 0 Å². The van der Waals surface area contributed by atoms with Crippen molar-refractivity contribution < 1.29 is 49.7 Å². The van der Waals surface area contributed by atoms with E-state index >= 15 is 0 Å². The number of ether oxygens (including phenoxy) is 4. The van der Waals surface area contributed by atoms with Crippen molar-refractivity contribution in [2.24, 2.45) is 5.73 Å². The second-order valence-electron chi connectivity index (χ2n) is 10.7. The molecule has 2 N–H and O–H groups in total. The minimum absolute atomic E-state index is 0.0869. The van der Waals surface area contributed by atoms with Crippen LogP contribution < -0.4 is 24.8 Å². The van der Waals surface area contributed by atoms with Gasteiger partial charge in [0.1, 0.15) is 11.9 Å². The smallest absolute Gasteiger partial charge is 0.488 e. The van der Waals surface area contributed by atoms with Crippen LogP contribution in [0.2, 0.25) is 0 Å². The summed E-state index contributed by atoms with van der Waals surface area (Å²) in [6.45, 7) is -1.74. The number of nitrogens with two attached hydrogens (primary N) is 1. The van der Waals surface area contributed by atoms with Crippen LogP contribution in [0.25, 0.3) is 0 Å². The molecule has 0 spiro atoms. The number of fused-ring (bicyclic) bond motifs is 1. The summed E-state index contributed by atoms with van der Waals surface area (Å²) in [5, 5.41) is 9.68. The van der Waals surface area contributed by atoms with Gasteiger partial charge in [0.05, 0.1) is 35.9 Å². The molecule has 5 rings (SSSR count). The van der Waals surface area contributed by atoms with Gasteiger partial charge in [0.15, 0.2) is 21.3 Å². The molecule has 0 unspecified atom stereocenters. The highest BCUT2D eigenvalue weighted by molar-refractivity contribution is 7.91. The maximum Gasteiger partial charge on any atom is 0.586 e. The molecule has 15 heteroatoms. The molecule has 0 aliphatic carbocycles. The first kappa shape index (κ1) is 32.8. The zero-order valence-corrected chi connectivity index (χ0v) is 25.2. The Kier molecular flexibility index (Phi) is 9.32. The molecule has 1 amide bonds. The van der Waals surface area contributed by atoms with Gasteiger partial charge in [-0.25, -0.2) is 8.42 Å². The number of sulfone groups is 1. The number of nitriles is 1. The number of primary amides is 1. The molecule has 0 bridgehead atoms. The van der Waals surface area contributed by atoms with E-state index in [1.165, 1.54) is 43.3 Å². The molecular weight excluding hydrogens is 634 g/mol. The fourth-order valence-corrected chi connectivity index (χ4v) is 6.51. The van der Waals surface area contributed by atoms with E-state index in [9.17, 15) is 36.0 Å². The normalized spacial score (nSPS) is 19.2. The first-order chi connectivity index (χ1) is 21.8. The summed E-state index contributed by atoms with van der Waals surface area (Å²) in [5.74, 6) is -1.74. The average Bonchev–Trinajstić information content (AvgIpc) is 3.56. The third kappa shape index (κ3) is 7.13. The van der Waals surface area contributed by atoms with E-state index in [1.54, 1.807) is 29.2 Å². The Morgan fingerprint density at radius 3 is 2.48 bits per heavy atom. The van der Waals surface area contributed by atoms with Crippen LogP contribution in [0.5, 0.6) is 17.2 Å². The van der Waals surface area contributed by atoms with E-state index in [0.717, 1.165) is 0 Å². The summed E-state index contributed by atoms with van der Waals surface area (Å²) in [5.41, 5.74) is 7.26. The third-order valence-electron chi connectivity index (χ3n) is 7.79. The number of rotatable bonds is 12. The van der Waals surface area contributed by atoms with Crippen LogP contribution in [0.15, 0.2) is 65.6 Å². The predicted octanol–water partition coefficient (Wildman–Crippen LogP) is 5.21. The molecule has 0 aromatic heterocycles. The van der Waals surface area contributed by atoms with E-state index in [2.05, 4.69) is 20.3 Å². The number of carbonyl (C=O) groups is 1. The van der Waals surface area contributed by atoms with Crippen molar-refractivity contribution >= 4 is 21.4 Å². The first-order valence-corrected chi connectivity index (χ1v) is 15.8. The van der Waals surface area contributed by atoms with Crippen LogP contribution >= 0.6 is 0 Å². The summed E-state index contributed by atoms with van der Waals surface area (Å²) >= 11 is 0. The van der Waals surface area contributed by atoms with Crippen LogP contribution in [0, 0.1) is 11.3 Å². The van der Waals surface area contributed by atoms with Crippen LogP contribution in [-0.4, -0.2) is 58.3 Å². The van der Waals surface area contributed by atoms with Crippen molar-refractivity contribution in [3.8, 4) is 23.3 Å². The minimum Gasteiger partial charge on any atom is -0.488 e. The molecule has 3 atom stereocenters. The molecule has 0 radical (unpaired) electrons. The lowest BCUT2D eigenvalue weighted by molar-refractivity contribution is -0.286. The van der Waals surface area contributed by atoms with Crippen molar-refractivity contribution in [1.29, 1.82) is 5.26 Å². The Hall–Kier alpha value is -4.55. The van der Waals surface area contributed by atoms with Gasteiger partial charge in [0, 0.05) is 36.1 Å². The minimum atomic E-state index is -3.81. The average molecular weight is 664 g/mol. The number of benzene rings is 3. The second-order valence-corrected chi connectivity index (χ2v) is 13.0. The SMILES string of the molecule is CCS(=O)(=O)c1ccc([C@H](CC#N)c2cc(N3C[C@@H](Oc4ccc5c(c4)OC(F)(F)O5)C[C@H]3COC(F)F)ccc2C(N)=O)cc1. The molecule has 0 saturated carbocycles. The van der Waals surface area contributed by atoms with Crippen molar-refractivity contribution in [2.45, 2.75) is 55.6 Å². The summed E-state index contributed by atoms with van der Waals surface area (Å²) in [6.07, 6.45) is -4.29. The van der Waals surface area contributed by atoms with Gasteiger partial charge in [-0.05, 0) is 53.6 Å². The molecule has 2 aliphatic heterocycles. The number of nitrogens with zero attached hydrogens (tertiary/aromatic N) is 2. The van der Waals surface area contributed by atoms with Gasteiger partial charge in [-0.15, -0.1) is 8.78 Å². The van der Waals surface area contributed by atoms with Gasteiger partial charge in [-0.2, -0.15) is 14.0 Å². The Morgan fingerprint density at radius 1 is 1.11 bits per heavy atom. The summed E-state index contributed by atoms with van der Waals surface area (Å²) in [4.78, 5) is 14.4. The monoisotopic (exact) mass is 663 g/mol. The molecular formula is C31H29F4N3O7S. The summed E-state index contributed by atoms with van der Waals surface area (Å²) in [7, 11) is -3.48. The molecule has 3 aromatic rings. The van der Waals surface area contributed by atoms with E-state index in [-0.39, 0.29) is 59.5 Å². The Labute approximate surface area is 262 Å². The molecule has 244 valence electrons. The maximum atomic E-state index is 13.5. The number of carbonyl (C=O) groups excluding carboxylic acids is 1. The topological polar surface area (TPSA) is 141 Å². The van der Waals surface area contributed by atoms with Crippen molar-refractivity contribution in [3.05, 3.63) is 77.4 Å². The predicted molar refractivity (Wildman–Crippen MR) is 156 cm³/mol. The van der Waals surface area contributed by atoms with Crippen LogP contribution in [-0.2, 0) is 14.6 Å². The number of amides is 1. The first-order valence-electron chi connectivity index (χ1n) is 14.2. The Balaban J connectivity index is 1.46. The van der Waals surface area contributed by atoms with E-state index in [4.69, 9.17) is 10.5 Å². The quantitative estimate of drug-likeness (QED) is 0.259. The van der Waals surface area contributed by atoms with Crippen LogP contribution in [0.3, 0.4) is 0 Å². The van der Waals surface area contributed by atoms with Crippen LogP contribution in [0.4, 0.5) is 23.2 Å². The molecule has 10 nitrogen and oxygen atoms in total. The fraction of sp³-hybridized carbons (Fsp3) is 0.355. The van der Waals surface area contributed by atoms with Gasteiger partial charge in [0.2, 0.25) is 5.91 Å². The second kappa shape index (κ2) is 13.1. The van der Waals surface area contributed by atoms with E-state index in [0.29, 0.717) is 16.8 Å². The highest BCUT2D eigenvalue weighted by atomic mass is 32.2. The highest BCUT2D eigenvalue weighted by Crippen LogP contribution is 2.43. The van der Waals surface area contributed by atoms with Crippen LogP contribution in [0.1, 0.15) is 47.2 Å². The Bertz CT molecular complexity index is 1750. The molecule has 46 heavy (non-hydrogen) atoms. The van der Waals surface area contributed by atoms with E-state index in [1.807, 2.05) is 0 Å². The van der Waals surface area contributed by atoms with Gasteiger partial charge in [-0.1, -0.05) is 19.1 Å². The lowest BCUT2D eigenvalue weighted by atomic mass is 9.85. The molecule has 1 fully saturated rings. The lowest BCUT2D eigenvalue weighted by Crippen LogP contribution is -2.34. The highest BCUT2D eigenvalue weighted by Gasteiger charge is 2.44. The summed E-state index contributed by atoms with van der Waals surface area (Å²) < 4.78 is 97.3. The Morgan fingerprint density at radius 2 is 1.83 bits per heavy atom.